The Morgan fingerprint density at radius 1 is 1.17 bits per heavy atom. The number of nitrogens with zero attached hydrogens (tertiary/aromatic N) is 2. The van der Waals surface area contributed by atoms with Crippen LogP contribution >= 0.6 is 23.2 Å². The molecule has 1 aromatic carbocycles. The number of aromatic nitrogens is 1. The van der Waals surface area contributed by atoms with Gasteiger partial charge in [0.1, 0.15) is 11.8 Å². The van der Waals surface area contributed by atoms with Crippen LogP contribution in [0.5, 0.6) is 0 Å². The standard InChI is InChI=1S/C22H23Cl2N3O3/c23-17-7-6-16(11-18(17)24)21(29)27-19(14-30-22(27)8-2-1-3-9-22)20(28)26-13-15-5-4-10-25-12-15/h4-7,10-12,19H,1-3,8-9,13-14H2,(H,26,28)/t19-/m0/s1. The van der Waals surface area contributed by atoms with Crippen molar-refractivity contribution in [3.63, 3.8) is 0 Å². The van der Waals surface area contributed by atoms with E-state index in [0.717, 1.165) is 24.8 Å². The Labute approximate surface area is 185 Å². The maximum absolute atomic E-state index is 13.5. The van der Waals surface area contributed by atoms with Gasteiger partial charge >= 0.3 is 0 Å². The molecule has 4 rings (SSSR count). The first kappa shape index (κ1) is 21.1. The van der Waals surface area contributed by atoms with Crippen LogP contribution in [0, 0.1) is 0 Å². The molecule has 1 aliphatic carbocycles. The van der Waals surface area contributed by atoms with Gasteiger partial charge in [-0.2, -0.15) is 0 Å². The molecule has 2 aromatic rings. The summed E-state index contributed by atoms with van der Waals surface area (Å²) in [7, 11) is 0. The quantitative estimate of drug-likeness (QED) is 0.761. The van der Waals surface area contributed by atoms with Crippen molar-refractivity contribution >= 4 is 35.0 Å². The van der Waals surface area contributed by atoms with Crippen LogP contribution in [0.4, 0.5) is 0 Å². The van der Waals surface area contributed by atoms with Crippen molar-refractivity contribution in [3.8, 4) is 0 Å². The number of pyridine rings is 1. The average molecular weight is 448 g/mol. The topological polar surface area (TPSA) is 71.5 Å². The molecule has 30 heavy (non-hydrogen) atoms. The van der Waals surface area contributed by atoms with Crippen LogP contribution in [-0.4, -0.2) is 40.1 Å². The third kappa shape index (κ3) is 4.17. The molecule has 1 aromatic heterocycles. The van der Waals surface area contributed by atoms with Crippen LogP contribution in [0.25, 0.3) is 0 Å². The van der Waals surface area contributed by atoms with E-state index in [-0.39, 0.29) is 18.4 Å². The lowest BCUT2D eigenvalue weighted by atomic mass is 9.89. The first-order valence-corrected chi connectivity index (χ1v) is 10.8. The van der Waals surface area contributed by atoms with Crippen molar-refractivity contribution in [1.82, 2.24) is 15.2 Å². The summed E-state index contributed by atoms with van der Waals surface area (Å²) in [5.41, 5.74) is 0.530. The van der Waals surface area contributed by atoms with Crippen LogP contribution in [0.15, 0.2) is 42.7 Å². The number of hydrogen-bond acceptors (Lipinski definition) is 4. The minimum Gasteiger partial charge on any atom is -0.353 e. The van der Waals surface area contributed by atoms with E-state index in [9.17, 15) is 9.59 Å². The maximum Gasteiger partial charge on any atom is 0.256 e. The second kappa shape index (κ2) is 8.92. The fraction of sp³-hybridized carbons (Fsp3) is 0.409. The van der Waals surface area contributed by atoms with E-state index in [2.05, 4.69) is 10.3 Å². The van der Waals surface area contributed by atoms with E-state index in [0.29, 0.717) is 35.0 Å². The number of rotatable bonds is 4. The molecule has 8 heteroatoms. The predicted octanol–water partition coefficient (Wildman–Crippen LogP) is 4.21. The number of carbonyl (C=O) groups excluding carboxylic acids is 2. The van der Waals surface area contributed by atoms with Crippen molar-refractivity contribution < 1.29 is 14.3 Å². The first-order chi connectivity index (χ1) is 14.5. The zero-order chi connectivity index (χ0) is 21.1. The van der Waals surface area contributed by atoms with Crippen LogP contribution in [-0.2, 0) is 16.1 Å². The third-order valence-corrected chi connectivity index (χ3v) is 6.51. The number of halogens is 2. The van der Waals surface area contributed by atoms with Gasteiger partial charge in [-0.3, -0.25) is 19.5 Å². The Morgan fingerprint density at radius 3 is 2.67 bits per heavy atom. The van der Waals surface area contributed by atoms with Crippen molar-refractivity contribution in [2.24, 2.45) is 0 Å². The van der Waals surface area contributed by atoms with E-state index < -0.39 is 11.8 Å². The van der Waals surface area contributed by atoms with Crippen molar-refractivity contribution in [1.29, 1.82) is 0 Å². The van der Waals surface area contributed by atoms with Crippen molar-refractivity contribution in [3.05, 3.63) is 63.9 Å². The predicted molar refractivity (Wildman–Crippen MR) is 114 cm³/mol. The Hall–Kier alpha value is -2.15. The van der Waals surface area contributed by atoms with Gasteiger partial charge in [-0.1, -0.05) is 35.7 Å². The Morgan fingerprint density at radius 2 is 1.97 bits per heavy atom. The molecule has 158 valence electrons. The third-order valence-electron chi connectivity index (χ3n) is 5.77. The average Bonchev–Trinajstić information content (AvgIpc) is 3.13. The molecule has 2 amide bonds. The Kier molecular flexibility index (Phi) is 6.27. The van der Waals surface area contributed by atoms with Gasteiger partial charge in [0, 0.05) is 24.5 Å². The van der Waals surface area contributed by atoms with Crippen LogP contribution < -0.4 is 5.32 Å². The molecule has 1 spiro atoms. The number of carbonyl (C=O) groups is 2. The highest BCUT2D eigenvalue weighted by atomic mass is 35.5. The van der Waals surface area contributed by atoms with Gasteiger partial charge in [-0.05, 0) is 55.5 Å². The van der Waals surface area contributed by atoms with E-state index >= 15 is 0 Å². The van der Waals surface area contributed by atoms with Crippen molar-refractivity contribution in [2.75, 3.05) is 6.61 Å². The first-order valence-electron chi connectivity index (χ1n) is 10.1. The summed E-state index contributed by atoms with van der Waals surface area (Å²) in [4.78, 5) is 32.3. The summed E-state index contributed by atoms with van der Waals surface area (Å²) in [5, 5.41) is 3.60. The highest BCUT2D eigenvalue weighted by Gasteiger charge is 2.52. The number of ether oxygens (including phenoxy) is 1. The molecule has 1 N–H and O–H groups in total. The van der Waals surface area contributed by atoms with E-state index in [1.54, 1.807) is 35.5 Å². The van der Waals surface area contributed by atoms with Gasteiger partial charge in [0.2, 0.25) is 5.91 Å². The van der Waals surface area contributed by atoms with Crippen LogP contribution in [0.1, 0.15) is 48.0 Å². The second-order valence-electron chi connectivity index (χ2n) is 7.72. The van der Waals surface area contributed by atoms with E-state index in [1.807, 2.05) is 12.1 Å². The SMILES string of the molecule is O=C(NCc1cccnc1)[C@@H]1COC2(CCCCC2)N1C(=O)c1ccc(Cl)c(Cl)c1. The summed E-state index contributed by atoms with van der Waals surface area (Å²) in [6.07, 6.45) is 7.81. The van der Waals surface area contributed by atoms with Gasteiger partial charge in [-0.15, -0.1) is 0 Å². The Balaban J connectivity index is 1.59. The fourth-order valence-electron chi connectivity index (χ4n) is 4.25. The molecule has 1 atom stereocenters. The summed E-state index contributed by atoms with van der Waals surface area (Å²) in [6, 6.07) is 7.78. The second-order valence-corrected chi connectivity index (χ2v) is 8.53. The summed E-state index contributed by atoms with van der Waals surface area (Å²) in [6.45, 7) is 0.511. The van der Waals surface area contributed by atoms with E-state index in [4.69, 9.17) is 27.9 Å². The van der Waals surface area contributed by atoms with Gasteiger partial charge in [0.05, 0.1) is 16.7 Å². The van der Waals surface area contributed by atoms with Crippen LogP contribution in [0.2, 0.25) is 10.0 Å². The molecule has 0 unspecified atom stereocenters. The molecule has 6 nitrogen and oxygen atoms in total. The minimum atomic E-state index is -0.752. The largest absolute Gasteiger partial charge is 0.353 e. The monoisotopic (exact) mass is 447 g/mol. The normalized spacial score (nSPS) is 20.3. The van der Waals surface area contributed by atoms with Gasteiger partial charge in [0.15, 0.2) is 0 Å². The smallest absolute Gasteiger partial charge is 0.256 e. The summed E-state index contributed by atoms with van der Waals surface area (Å²) in [5.74, 6) is -0.510. The summed E-state index contributed by atoms with van der Waals surface area (Å²) >= 11 is 12.2. The van der Waals surface area contributed by atoms with Gasteiger partial charge < -0.3 is 10.1 Å². The molecule has 1 saturated heterocycles. The number of amides is 2. The minimum absolute atomic E-state index is 0.173. The van der Waals surface area contributed by atoms with Crippen molar-refractivity contribution in [2.45, 2.75) is 50.4 Å². The summed E-state index contributed by atoms with van der Waals surface area (Å²) < 4.78 is 6.15. The molecule has 2 fully saturated rings. The molecule has 1 saturated carbocycles. The highest BCUT2D eigenvalue weighted by molar-refractivity contribution is 6.42. The molecular weight excluding hydrogens is 425 g/mol. The molecule has 0 radical (unpaired) electrons. The molecule has 2 aliphatic rings. The number of nitrogens with one attached hydrogen (secondary N) is 1. The van der Waals surface area contributed by atoms with Gasteiger partial charge in [0.25, 0.3) is 5.91 Å². The lowest BCUT2D eigenvalue weighted by Gasteiger charge is -2.41. The zero-order valence-corrected chi connectivity index (χ0v) is 18.0. The lowest BCUT2D eigenvalue weighted by Crippen LogP contribution is -2.56. The highest BCUT2D eigenvalue weighted by Crippen LogP contribution is 2.41. The molecule has 2 heterocycles. The van der Waals surface area contributed by atoms with Gasteiger partial charge in [-0.25, -0.2) is 0 Å². The fourth-order valence-corrected chi connectivity index (χ4v) is 4.55. The lowest BCUT2D eigenvalue weighted by molar-refractivity contribution is -0.127. The van der Waals surface area contributed by atoms with Crippen LogP contribution in [0.3, 0.4) is 0 Å². The zero-order valence-electron chi connectivity index (χ0n) is 16.4. The number of hydrogen-bond donors (Lipinski definition) is 1. The Bertz CT molecular complexity index is 932. The molecule has 1 aliphatic heterocycles. The maximum atomic E-state index is 13.5. The molecular formula is C22H23Cl2N3O3. The number of benzene rings is 1. The molecule has 0 bridgehead atoms. The van der Waals surface area contributed by atoms with E-state index in [1.165, 1.54) is 0 Å².